The predicted molar refractivity (Wildman–Crippen MR) is 95.2 cm³/mol. The average Bonchev–Trinajstić information content (AvgIpc) is 2.88. The zero-order valence-corrected chi connectivity index (χ0v) is 13.7. The number of rotatable bonds is 3. The van der Waals surface area contributed by atoms with E-state index in [9.17, 15) is 9.90 Å². The molecule has 0 bridgehead atoms. The lowest BCUT2D eigenvalue weighted by molar-refractivity contribution is 0.201. The van der Waals surface area contributed by atoms with Crippen molar-refractivity contribution in [1.29, 1.82) is 0 Å². The Hall–Kier alpha value is -2.69. The van der Waals surface area contributed by atoms with Gasteiger partial charge in [0.15, 0.2) is 0 Å². The number of phenols is 1. The smallest absolute Gasteiger partial charge is 0.317 e. The molecule has 0 radical (unpaired) electrons. The second kappa shape index (κ2) is 7.73. The highest BCUT2D eigenvalue weighted by atomic mass is 16.3. The van der Waals surface area contributed by atoms with Crippen LogP contribution in [0.15, 0.2) is 54.6 Å². The van der Waals surface area contributed by atoms with Crippen molar-refractivity contribution >= 4 is 11.7 Å². The lowest BCUT2D eigenvalue weighted by Crippen LogP contribution is -2.41. The molecule has 0 saturated carbocycles. The molecule has 2 N–H and O–H groups in total. The summed E-state index contributed by atoms with van der Waals surface area (Å²) < 4.78 is 0. The molecule has 0 aliphatic carbocycles. The third-order valence-electron chi connectivity index (χ3n) is 4.28. The molecule has 0 atom stereocenters. The van der Waals surface area contributed by atoms with Crippen LogP contribution >= 0.6 is 0 Å². The van der Waals surface area contributed by atoms with Gasteiger partial charge in [-0.05, 0) is 36.2 Å². The zero-order valence-electron chi connectivity index (χ0n) is 13.7. The van der Waals surface area contributed by atoms with Crippen molar-refractivity contribution in [3.05, 3.63) is 60.2 Å². The number of carbonyl (C=O) groups excluding carboxylic acids is 1. The van der Waals surface area contributed by atoms with Crippen molar-refractivity contribution in [3.8, 4) is 5.75 Å². The molecule has 1 saturated heterocycles. The topological polar surface area (TPSA) is 55.8 Å². The van der Waals surface area contributed by atoms with Crippen LogP contribution in [0, 0.1) is 0 Å². The summed E-state index contributed by atoms with van der Waals surface area (Å²) in [5, 5.41) is 12.2. The van der Waals surface area contributed by atoms with Gasteiger partial charge >= 0.3 is 6.03 Å². The Kier molecular flexibility index (Phi) is 5.21. The molecule has 5 nitrogen and oxygen atoms in total. The summed E-state index contributed by atoms with van der Waals surface area (Å²) in [5.41, 5.74) is 2.19. The Morgan fingerprint density at radius 1 is 0.958 bits per heavy atom. The Labute approximate surface area is 142 Å². The maximum absolute atomic E-state index is 12.4. The van der Waals surface area contributed by atoms with Crippen LogP contribution in [0.4, 0.5) is 10.5 Å². The molecule has 3 rings (SSSR count). The molecule has 1 aliphatic rings. The Morgan fingerprint density at radius 3 is 2.46 bits per heavy atom. The maximum atomic E-state index is 12.4. The number of amides is 2. The van der Waals surface area contributed by atoms with Gasteiger partial charge in [-0.15, -0.1) is 0 Å². The third kappa shape index (κ3) is 4.19. The van der Waals surface area contributed by atoms with E-state index in [1.54, 1.807) is 12.1 Å². The van der Waals surface area contributed by atoms with Crippen LogP contribution in [-0.2, 0) is 6.54 Å². The summed E-state index contributed by atoms with van der Waals surface area (Å²) in [5.74, 6) is 0.235. The quantitative estimate of drug-likeness (QED) is 0.912. The highest BCUT2D eigenvalue weighted by Crippen LogP contribution is 2.16. The van der Waals surface area contributed by atoms with Crippen LogP contribution in [0.5, 0.6) is 5.75 Å². The minimum Gasteiger partial charge on any atom is -0.508 e. The van der Waals surface area contributed by atoms with Crippen molar-refractivity contribution in [2.24, 2.45) is 0 Å². The molecule has 0 unspecified atom stereocenters. The number of hydrogen-bond acceptors (Lipinski definition) is 3. The van der Waals surface area contributed by atoms with E-state index in [-0.39, 0.29) is 11.8 Å². The van der Waals surface area contributed by atoms with Crippen LogP contribution in [-0.4, -0.2) is 42.2 Å². The number of nitrogens with zero attached hydrogens (tertiary/aromatic N) is 2. The molecule has 0 aromatic heterocycles. The van der Waals surface area contributed by atoms with E-state index in [0.717, 1.165) is 38.2 Å². The summed E-state index contributed by atoms with van der Waals surface area (Å²) in [6.45, 7) is 3.77. The molecule has 1 fully saturated rings. The van der Waals surface area contributed by atoms with E-state index in [4.69, 9.17) is 0 Å². The van der Waals surface area contributed by atoms with Crippen molar-refractivity contribution in [2.75, 3.05) is 31.1 Å². The van der Waals surface area contributed by atoms with Gasteiger partial charge in [-0.25, -0.2) is 4.79 Å². The van der Waals surface area contributed by atoms with Crippen LogP contribution in [0.2, 0.25) is 0 Å². The molecular weight excluding hydrogens is 302 g/mol. The fourth-order valence-electron chi connectivity index (χ4n) is 2.92. The van der Waals surface area contributed by atoms with Gasteiger partial charge in [-0.1, -0.05) is 30.3 Å². The minimum atomic E-state index is -0.0296. The van der Waals surface area contributed by atoms with E-state index in [1.807, 2.05) is 35.2 Å². The second-order valence-electron chi connectivity index (χ2n) is 5.99. The first-order valence-corrected chi connectivity index (χ1v) is 8.33. The summed E-state index contributed by atoms with van der Waals surface area (Å²) in [6, 6.07) is 17.2. The fourth-order valence-corrected chi connectivity index (χ4v) is 2.92. The lowest BCUT2D eigenvalue weighted by atomic mass is 10.2. The van der Waals surface area contributed by atoms with E-state index in [1.165, 1.54) is 5.69 Å². The average molecular weight is 325 g/mol. The summed E-state index contributed by atoms with van der Waals surface area (Å²) in [4.78, 5) is 16.6. The Morgan fingerprint density at radius 2 is 1.71 bits per heavy atom. The Bertz CT molecular complexity index is 658. The standard InChI is InChI=1S/C19H23N3O2/c23-18-9-7-16(8-10-18)15-20-19(24)22-12-4-11-21(13-14-22)17-5-2-1-3-6-17/h1-3,5-10,23H,4,11-15H2,(H,20,24). The van der Waals surface area contributed by atoms with Crippen molar-refractivity contribution < 1.29 is 9.90 Å². The van der Waals surface area contributed by atoms with Crippen molar-refractivity contribution in [1.82, 2.24) is 10.2 Å². The molecule has 24 heavy (non-hydrogen) atoms. The molecule has 2 amide bonds. The fraction of sp³-hybridized carbons (Fsp3) is 0.316. The molecule has 0 spiro atoms. The SMILES string of the molecule is O=C(NCc1ccc(O)cc1)N1CCCN(c2ccccc2)CC1. The number of carbonyl (C=O) groups is 1. The highest BCUT2D eigenvalue weighted by molar-refractivity contribution is 5.74. The minimum absolute atomic E-state index is 0.0296. The second-order valence-corrected chi connectivity index (χ2v) is 5.99. The number of benzene rings is 2. The van der Waals surface area contributed by atoms with Gasteiger partial charge in [0.25, 0.3) is 0 Å². The lowest BCUT2D eigenvalue weighted by Gasteiger charge is -2.23. The number of anilines is 1. The van der Waals surface area contributed by atoms with E-state index < -0.39 is 0 Å². The monoisotopic (exact) mass is 325 g/mol. The van der Waals surface area contributed by atoms with E-state index >= 15 is 0 Å². The number of para-hydroxylation sites is 1. The van der Waals surface area contributed by atoms with Crippen LogP contribution in [0.3, 0.4) is 0 Å². The molecule has 5 heteroatoms. The van der Waals surface area contributed by atoms with Gasteiger partial charge in [-0.2, -0.15) is 0 Å². The number of phenolic OH excluding ortho intramolecular Hbond substituents is 1. The normalized spacial score (nSPS) is 15.0. The molecule has 1 aliphatic heterocycles. The van der Waals surface area contributed by atoms with Gasteiger partial charge in [0.05, 0.1) is 0 Å². The highest BCUT2D eigenvalue weighted by Gasteiger charge is 2.18. The van der Waals surface area contributed by atoms with Crippen LogP contribution in [0.25, 0.3) is 0 Å². The maximum Gasteiger partial charge on any atom is 0.317 e. The molecular formula is C19H23N3O2. The molecule has 1 heterocycles. The first-order valence-electron chi connectivity index (χ1n) is 8.33. The van der Waals surface area contributed by atoms with E-state index in [0.29, 0.717) is 6.54 Å². The molecule has 2 aromatic carbocycles. The van der Waals surface area contributed by atoms with Gasteiger partial charge in [0.2, 0.25) is 0 Å². The van der Waals surface area contributed by atoms with Gasteiger partial charge in [0.1, 0.15) is 5.75 Å². The summed E-state index contributed by atoms with van der Waals surface area (Å²) in [6.07, 6.45) is 0.960. The number of nitrogens with one attached hydrogen (secondary N) is 1. The molecule has 126 valence electrons. The summed E-state index contributed by atoms with van der Waals surface area (Å²) >= 11 is 0. The Balaban J connectivity index is 1.52. The van der Waals surface area contributed by atoms with Crippen LogP contribution in [0.1, 0.15) is 12.0 Å². The van der Waals surface area contributed by atoms with Gasteiger partial charge in [0, 0.05) is 38.4 Å². The summed E-state index contributed by atoms with van der Waals surface area (Å²) in [7, 11) is 0. The van der Waals surface area contributed by atoms with Crippen molar-refractivity contribution in [2.45, 2.75) is 13.0 Å². The number of aromatic hydroxyl groups is 1. The third-order valence-corrected chi connectivity index (χ3v) is 4.28. The molecule has 2 aromatic rings. The number of urea groups is 1. The van der Waals surface area contributed by atoms with Gasteiger partial charge < -0.3 is 20.2 Å². The predicted octanol–water partition coefficient (Wildman–Crippen LogP) is 2.81. The van der Waals surface area contributed by atoms with E-state index in [2.05, 4.69) is 22.3 Å². The van der Waals surface area contributed by atoms with Crippen LogP contribution < -0.4 is 10.2 Å². The zero-order chi connectivity index (χ0) is 16.8. The van der Waals surface area contributed by atoms with Gasteiger partial charge in [-0.3, -0.25) is 0 Å². The largest absolute Gasteiger partial charge is 0.508 e. The van der Waals surface area contributed by atoms with Crippen molar-refractivity contribution in [3.63, 3.8) is 0 Å². The first-order chi connectivity index (χ1) is 11.7. The first kappa shape index (κ1) is 16.2. The number of hydrogen-bond donors (Lipinski definition) is 2.